The van der Waals surface area contributed by atoms with Gasteiger partial charge in [-0.05, 0) is 30.9 Å². The lowest BCUT2D eigenvalue weighted by Crippen LogP contribution is -2.09. The molecule has 0 aromatic carbocycles. The number of aromatic nitrogens is 3. The van der Waals surface area contributed by atoms with Gasteiger partial charge in [0.15, 0.2) is 5.82 Å². The zero-order chi connectivity index (χ0) is 14.1. The summed E-state index contributed by atoms with van der Waals surface area (Å²) in [6.07, 6.45) is 3.93. The summed E-state index contributed by atoms with van der Waals surface area (Å²) in [7, 11) is 0. The molecule has 6 nitrogen and oxygen atoms in total. The molecule has 1 aliphatic rings. The van der Waals surface area contributed by atoms with Crippen molar-refractivity contribution in [1.29, 1.82) is 5.26 Å². The van der Waals surface area contributed by atoms with Crippen LogP contribution in [0.25, 0.3) is 0 Å². The number of H-pyrrole nitrogens is 2. The zero-order valence-electron chi connectivity index (χ0n) is 11.2. The fourth-order valence-electron chi connectivity index (χ4n) is 2.24. The van der Waals surface area contributed by atoms with Crippen molar-refractivity contribution < 1.29 is 0 Å². The topological polar surface area (TPSA) is 97.4 Å². The molecule has 0 radical (unpaired) electrons. The minimum atomic E-state index is -0.111. The molecule has 0 saturated heterocycles. The summed E-state index contributed by atoms with van der Waals surface area (Å²) in [6.45, 7) is 2.41. The van der Waals surface area contributed by atoms with Gasteiger partial charge in [-0.3, -0.25) is 9.89 Å². The lowest BCUT2D eigenvalue weighted by atomic mass is 10.1. The summed E-state index contributed by atoms with van der Waals surface area (Å²) < 4.78 is 0. The van der Waals surface area contributed by atoms with Gasteiger partial charge in [0.2, 0.25) is 5.56 Å². The molecule has 0 atom stereocenters. The summed E-state index contributed by atoms with van der Waals surface area (Å²) >= 11 is 0. The molecule has 1 saturated carbocycles. The van der Waals surface area contributed by atoms with Crippen LogP contribution in [0.15, 0.2) is 17.1 Å². The highest BCUT2D eigenvalue weighted by Crippen LogP contribution is 2.41. The van der Waals surface area contributed by atoms with E-state index in [1.54, 1.807) is 12.3 Å². The SMILES string of the molecule is Cc1cc(=O)[nH]cc1CNc1n[nH]c(C2CC2)c1C#N. The van der Waals surface area contributed by atoms with Crippen LogP contribution in [0, 0.1) is 18.3 Å². The summed E-state index contributed by atoms with van der Waals surface area (Å²) in [5, 5.41) is 19.5. The van der Waals surface area contributed by atoms with Crippen LogP contribution < -0.4 is 10.9 Å². The Kier molecular flexibility index (Phi) is 3.03. The Morgan fingerprint density at radius 3 is 3.00 bits per heavy atom. The maximum atomic E-state index is 11.2. The van der Waals surface area contributed by atoms with E-state index in [1.165, 1.54) is 0 Å². The van der Waals surface area contributed by atoms with Crippen LogP contribution in [-0.2, 0) is 6.54 Å². The van der Waals surface area contributed by atoms with Crippen LogP contribution in [0.4, 0.5) is 5.82 Å². The molecule has 2 aromatic heterocycles. The minimum Gasteiger partial charge on any atom is -0.363 e. The second-order valence-corrected chi connectivity index (χ2v) is 5.11. The Labute approximate surface area is 115 Å². The van der Waals surface area contributed by atoms with Crippen LogP contribution in [0.1, 0.15) is 41.1 Å². The number of hydrogen-bond acceptors (Lipinski definition) is 4. The molecule has 3 N–H and O–H groups in total. The van der Waals surface area contributed by atoms with Gasteiger partial charge >= 0.3 is 0 Å². The molecule has 6 heteroatoms. The molecular formula is C14H15N5O. The Bertz CT molecular complexity index is 733. The standard InChI is InChI=1S/C14H15N5O/c1-8-4-12(20)16-6-10(8)7-17-14-11(5-15)13(18-19-14)9-2-3-9/h4,6,9H,2-3,7H2,1H3,(H,16,20)(H2,17,18,19). The van der Waals surface area contributed by atoms with Crippen molar-refractivity contribution in [3.05, 3.63) is 45.0 Å². The number of anilines is 1. The van der Waals surface area contributed by atoms with Crippen LogP contribution in [0.3, 0.4) is 0 Å². The van der Waals surface area contributed by atoms with Gasteiger partial charge in [0, 0.05) is 24.7 Å². The molecule has 0 unspecified atom stereocenters. The van der Waals surface area contributed by atoms with E-state index in [9.17, 15) is 10.1 Å². The zero-order valence-corrected chi connectivity index (χ0v) is 11.2. The molecule has 2 heterocycles. The van der Waals surface area contributed by atoms with Gasteiger partial charge in [0.05, 0.1) is 5.69 Å². The molecule has 0 spiro atoms. The summed E-state index contributed by atoms with van der Waals surface area (Å²) in [5.74, 6) is 1.04. The summed E-state index contributed by atoms with van der Waals surface area (Å²) in [4.78, 5) is 13.8. The molecule has 0 aliphatic heterocycles. The molecule has 102 valence electrons. The van der Waals surface area contributed by atoms with Crippen LogP contribution in [0.2, 0.25) is 0 Å². The maximum absolute atomic E-state index is 11.2. The molecule has 0 amide bonds. The van der Waals surface area contributed by atoms with E-state index in [2.05, 4.69) is 26.6 Å². The molecule has 1 fully saturated rings. The third-order valence-corrected chi connectivity index (χ3v) is 3.58. The number of hydrogen-bond donors (Lipinski definition) is 3. The van der Waals surface area contributed by atoms with E-state index in [0.29, 0.717) is 23.8 Å². The Morgan fingerprint density at radius 2 is 2.35 bits per heavy atom. The van der Waals surface area contributed by atoms with Crippen LogP contribution in [0.5, 0.6) is 0 Å². The normalized spacial score (nSPS) is 14.0. The lowest BCUT2D eigenvalue weighted by molar-refractivity contribution is 0.957. The van der Waals surface area contributed by atoms with Gasteiger partial charge in [0.25, 0.3) is 0 Å². The first-order valence-corrected chi connectivity index (χ1v) is 6.59. The molecule has 2 aromatic rings. The van der Waals surface area contributed by atoms with E-state index in [1.807, 2.05) is 6.92 Å². The first-order valence-electron chi connectivity index (χ1n) is 6.59. The fourth-order valence-corrected chi connectivity index (χ4v) is 2.24. The Morgan fingerprint density at radius 1 is 1.55 bits per heavy atom. The average molecular weight is 269 g/mol. The Hall–Kier alpha value is -2.55. The highest BCUT2D eigenvalue weighted by atomic mass is 16.1. The van der Waals surface area contributed by atoms with E-state index in [-0.39, 0.29) is 5.56 Å². The highest BCUT2D eigenvalue weighted by molar-refractivity contribution is 5.56. The molecule has 3 rings (SSSR count). The lowest BCUT2D eigenvalue weighted by Gasteiger charge is -2.06. The van der Waals surface area contributed by atoms with Gasteiger partial charge in [-0.2, -0.15) is 10.4 Å². The number of pyridine rings is 1. The van der Waals surface area contributed by atoms with Crippen molar-refractivity contribution in [2.45, 2.75) is 32.2 Å². The van der Waals surface area contributed by atoms with Crippen molar-refractivity contribution in [3.63, 3.8) is 0 Å². The predicted octanol–water partition coefficient (Wildman–Crippen LogP) is 1.77. The van der Waals surface area contributed by atoms with Gasteiger partial charge in [-0.25, -0.2) is 0 Å². The quantitative estimate of drug-likeness (QED) is 0.787. The predicted molar refractivity (Wildman–Crippen MR) is 74.4 cm³/mol. The van der Waals surface area contributed by atoms with Crippen molar-refractivity contribution >= 4 is 5.82 Å². The number of rotatable bonds is 4. The number of nitriles is 1. The highest BCUT2D eigenvalue weighted by Gasteiger charge is 2.29. The fraction of sp³-hybridized carbons (Fsp3) is 0.357. The monoisotopic (exact) mass is 269 g/mol. The number of nitrogens with zero attached hydrogens (tertiary/aromatic N) is 2. The van der Waals surface area contributed by atoms with Crippen molar-refractivity contribution in [1.82, 2.24) is 15.2 Å². The second-order valence-electron chi connectivity index (χ2n) is 5.11. The summed E-state index contributed by atoms with van der Waals surface area (Å²) in [6, 6.07) is 3.77. The third kappa shape index (κ3) is 2.30. The molecule has 0 bridgehead atoms. The van der Waals surface area contributed by atoms with E-state index < -0.39 is 0 Å². The first kappa shape index (κ1) is 12.5. The molecule has 1 aliphatic carbocycles. The smallest absolute Gasteiger partial charge is 0.248 e. The number of aromatic amines is 2. The van der Waals surface area contributed by atoms with Gasteiger partial charge in [0.1, 0.15) is 11.6 Å². The number of aryl methyl sites for hydroxylation is 1. The molecule has 20 heavy (non-hydrogen) atoms. The van der Waals surface area contributed by atoms with Crippen molar-refractivity contribution in [2.24, 2.45) is 0 Å². The molecular weight excluding hydrogens is 254 g/mol. The average Bonchev–Trinajstić information content (AvgIpc) is 3.18. The van der Waals surface area contributed by atoms with Gasteiger partial charge in [-0.1, -0.05) is 0 Å². The minimum absolute atomic E-state index is 0.111. The number of nitrogens with one attached hydrogen (secondary N) is 3. The summed E-state index contributed by atoms with van der Waals surface area (Å²) in [5.41, 5.74) is 3.32. The first-order chi connectivity index (χ1) is 9.69. The van der Waals surface area contributed by atoms with Gasteiger partial charge < -0.3 is 10.3 Å². The van der Waals surface area contributed by atoms with Crippen LogP contribution >= 0.6 is 0 Å². The third-order valence-electron chi connectivity index (χ3n) is 3.58. The maximum Gasteiger partial charge on any atom is 0.248 e. The van der Waals surface area contributed by atoms with Crippen molar-refractivity contribution in [2.75, 3.05) is 5.32 Å². The Balaban J connectivity index is 1.78. The van der Waals surface area contributed by atoms with E-state index in [4.69, 9.17) is 0 Å². The second kappa shape index (κ2) is 4.85. The van der Waals surface area contributed by atoms with Crippen LogP contribution in [-0.4, -0.2) is 15.2 Å². The van der Waals surface area contributed by atoms with Crippen molar-refractivity contribution in [3.8, 4) is 6.07 Å². The van der Waals surface area contributed by atoms with E-state index >= 15 is 0 Å². The largest absolute Gasteiger partial charge is 0.363 e. The van der Waals surface area contributed by atoms with Gasteiger partial charge in [-0.15, -0.1) is 0 Å². The van der Waals surface area contributed by atoms with E-state index in [0.717, 1.165) is 29.7 Å².